The number of carbonyl (C=O) groups is 2. The highest BCUT2D eigenvalue weighted by atomic mass is 32.1. The van der Waals surface area contributed by atoms with Crippen LogP contribution in [0, 0.1) is 11.7 Å². The number of carbonyl (C=O) groups excluding carboxylic acids is 2. The molecule has 10 heteroatoms. The van der Waals surface area contributed by atoms with Gasteiger partial charge in [0, 0.05) is 39.2 Å². The van der Waals surface area contributed by atoms with Gasteiger partial charge in [-0.2, -0.15) is 0 Å². The summed E-state index contributed by atoms with van der Waals surface area (Å²) < 4.78 is 25.2. The van der Waals surface area contributed by atoms with E-state index in [1.165, 1.54) is 18.1 Å². The monoisotopic (exact) mass is 466 g/mol. The van der Waals surface area contributed by atoms with Crippen molar-refractivity contribution in [3.8, 4) is 0 Å². The van der Waals surface area contributed by atoms with Crippen LogP contribution in [0.1, 0.15) is 20.3 Å². The first kappa shape index (κ1) is 24.2. The lowest BCUT2D eigenvalue weighted by Crippen LogP contribution is -2.50. The molecule has 1 aromatic carbocycles. The molecule has 1 N–H and O–H groups in total. The van der Waals surface area contributed by atoms with Crippen LogP contribution in [0.15, 0.2) is 18.2 Å². The average molecular weight is 467 g/mol. The molecular weight excluding hydrogens is 435 g/mol. The Morgan fingerprint density at radius 1 is 1.34 bits per heavy atom. The van der Waals surface area contributed by atoms with Gasteiger partial charge in [-0.15, -0.1) is 0 Å². The number of cyclic esters (lactones) is 1. The maximum Gasteiger partial charge on any atom is 0.414 e. The maximum atomic E-state index is 14.9. The molecule has 1 unspecified atom stereocenters. The Labute approximate surface area is 193 Å². The third-order valence-electron chi connectivity index (χ3n) is 5.92. The molecule has 1 aromatic rings. The van der Waals surface area contributed by atoms with Crippen molar-refractivity contribution in [3.63, 3.8) is 0 Å². The predicted octanol–water partition coefficient (Wildman–Crippen LogP) is 2.41. The number of halogens is 1. The van der Waals surface area contributed by atoms with E-state index in [4.69, 9.17) is 21.7 Å². The van der Waals surface area contributed by atoms with Crippen molar-refractivity contribution >= 4 is 40.6 Å². The van der Waals surface area contributed by atoms with E-state index < -0.39 is 11.9 Å². The predicted molar refractivity (Wildman–Crippen MR) is 125 cm³/mol. The lowest BCUT2D eigenvalue weighted by atomic mass is 10.1. The Kier molecular flexibility index (Phi) is 8.25. The number of hydrogen-bond donors (Lipinski definition) is 1. The second-order valence-electron chi connectivity index (χ2n) is 8.11. The van der Waals surface area contributed by atoms with Gasteiger partial charge in [-0.3, -0.25) is 9.69 Å². The number of nitrogens with zero attached hydrogens (tertiary/aromatic N) is 3. The van der Waals surface area contributed by atoms with E-state index in [1.807, 2.05) is 11.8 Å². The Morgan fingerprint density at radius 3 is 2.69 bits per heavy atom. The minimum atomic E-state index is -0.497. The van der Waals surface area contributed by atoms with Crippen LogP contribution < -0.4 is 15.1 Å². The number of thiocarbonyl (C=S) groups is 1. The Balaban J connectivity index is 1.58. The fraction of sp³-hybridized carbons (Fsp3) is 0.591. The number of nitrogens with one attached hydrogen (secondary N) is 1. The van der Waals surface area contributed by atoms with Gasteiger partial charge in [0.05, 0.1) is 29.5 Å². The van der Waals surface area contributed by atoms with Crippen LogP contribution in [0.3, 0.4) is 0 Å². The van der Waals surface area contributed by atoms with E-state index in [-0.39, 0.29) is 24.5 Å². The molecule has 2 amide bonds. The molecule has 3 rings (SSSR count). The summed E-state index contributed by atoms with van der Waals surface area (Å²) in [6.45, 7) is 6.99. The fourth-order valence-corrected chi connectivity index (χ4v) is 3.99. The standard InChI is InChI=1S/C22H31FN4O4S/c1-4-15(2)21(32)24-12-17-13-27(22(29)31-17)16-5-6-19(18(23)11-16)25-7-9-26(10-8-25)20(28)14-30-3/h5-6,11,15,17H,4,7-10,12-14H2,1-3H3,(H,24,32)/t15-,17?/m0/s1. The van der Waals surface area contributed by atoms with Gasteiger partial charge in [0.2, 0.25) is 5.91 Å². The van der Waals surface area contributed by atoms with Crippen molar-refractivity contribution in [2.24, 2.45) is 5.92 Å². The Morgan fingerprint density at radius 2 is 2.06 bits per heavy atom. The summed E-state index contributed by atoms with van der Waals surface area (Å²) >= 11 is 5.34. The number of hydrogen-bond acceptors (Lipinski definition) is 6. The first-order chi connectivity index (χ1) is 15.3. The first-order valence-electron chi connectivity index (χ1n) is 10.9. The molecule has 2 saturated heterocycles. The molecule has 0 aromatic heterocycles. The van der Waals surface area contributed by atoms with Crippen molar-refractivity contribution in [2.75, 3.05) is 62.8 Å². The number of anilines is 2. The molecule has 0 radical (unpaired) electrons. The zero-order valence-electron chi connectivity index (χ0n) is 18.8. The first-order valence-corrected chi connectivity index (χ1v) is 11.3. The molecular formula is C22H31FN4O4S. The van der Waals surface area contributed by atoms with Gasteiger partial charge in [0.1, 0.15) is 18.5 Å². The minimum Gasteiger partial charge on any atom is -0.442 e. The van der Waals surface area contributed by atoms with Gasteiger partial charge < -0.3 is 24.6 Å². The van der Waals surface area contributed by atoms with Crippen LogP contribution in [0.2, 0.25) is 0 Å². The summed E-state index contributed by atoms with van der Waals surface area (Å²) in [5, 5.41) is 3.16. The number of amides is 2. The van der Waals surface area contributed by atoms with E-state index in [2.05, 4.69) is 12.2 Å². The average Bonchev–Trinajstić information content (AvgIpc) is 3.17. The quantitative estimate of drug-likeness (QED) is 0.590. The molecule has 0 saturated carbocycles. The van der Waals surface area contributed by atoms with Crippen LogP contribution in [0.4, 0.5) is 20.6 Å². The molecule has 2 heterocycles. The van der Waals surface area contributed by atoms with E-state index in [9.17, 15) is 14.0 Å². The van der Waals surface area contributed by atoms with Crippen molar-refractivity contribution in [2.45, 2.75) is 26.4 Å². The van der Waals surface area contributed by atoms with Crippen LogP contribution in [-0.2, 0) is 14.3 Å². The number of methoxy groups -OCH3 is 1. The van der Waals surface area contributed by atoms with Gasteiger partial charge in [0.15, 0.2) is 0 Å². The van der Waals surface area contributed by atoms with Crippen LogP contribution in [0.5, 0.6) is 0 Å². The van der Waals surface area contributed by atoms with Crippen molar-refractivity contribution in [1.29, 1.82) is 0 Å². The molecule has 2 aliphatic heterocycles. The highest BCUT2D eigenvalue weighted by molar-refractivity contribution is 7.80. The number of rotatable bonds is 8. The molecule has 2 atom stereocenters. The second kappa shape index (κ2) is 10.9. The van der Waals surface area contributed by atoms with Gasteiger partial charge >= 0.3 is 6.09 Å². The lowest BCUT2D eigenvalue weighted by molar-refractivity contribution is -0.135. The van der Waals surface area contributed by atoms with E-state index in [1.54, 1.807) is 17.0 Å². The van der Waals surface area contributed by atoms with Gasteiger partial charge in [-0.05, 0) is 24.6 Å². The third-order valence-corrected chi connectivity index (χ3v) is 6.47. The molecule has 8 nitrogen and oxygen atoms in total. The molecule has 0 aliphatic carbocycles. The van der Waals surface area contributed by atoms with Gasteiger partial charge in [-0.1, -0.05) is 26.1 Å². The highest BCUT2D eigenvalue weighted by Gasteiger charge is 2.33. The SMILES string of the molecule is CC[C@H](C)C(=S)NCC1CN(c2ccc(N3CCN(C(=O)COC)CC3)c(F)c2)C(=O)O1. The molecule has 2 aliphatic rings. The second-order valence-corrected chi connectivity index (χ2v) is 8.55. The maximum absolute atomic E-state index is 14.9. The topological polar surface area (TPSA) is 74.4 Å². The number of benzene rings is 1. The van der Waals surface area contributed by atoms with E-state index in [0.29, 0.717) is 50.6 Å². The lowest BCUT2D eigenvalue weighted by Gasteiger charge is -2.36. The Bertz CT molecular complexity index is 847. The van der Waals surface area contributed by atoms with E-state index in [0.717, 1.165) is 11.4 Å². The molecule has 176 valence electrons. The fourth-order valence-electron chi connectivity index (χ4n) is 3.74. The summed E-state index contributed by atoms with van der Waals surface area (Å²) in [7, 11) is 1.49. The summed E-state index contributed by atoms with van der Waals surface area (Å²) in [6.07, 6.45) is 0.0839. The summed E-state index contributed by atoms with van der Waals surface area (Å²) in [4.78, 5) is 30.1. The zero-order valence-corrected chi connectivity index (χ0v) is 19.6. The third kappa shape index (κ3) is 5.66. The number of piperazine rings is 1. The van der Waals surface area contributed by atoms with Crippen LogP contribution in [-0.4, -0.2) is 81.0 Å². The summed E-state index contributed by atoms with van der Waals surface area (Å²) in [5.41, 5.74) is 0.912. The summed E-state index contributed by atoms with van der Waals surface area (Å²) in [5.74, 6) is -0.212. The van der Waals surface area contributed by atoms with Crippen LogP contribution >= 0.6 is 12.2 Å². The largest absolute Gasteiger partial charge is 0.442 e. The molecule has 2 fully saturated rings. The van der Waals surface area contributed by atoms with Crippen molar-refractivity contribution in [3.05, 3.63) is 24.0 Å². The minimum absolute atomic E-state index is 0.0505. The number of ether oxygens (including phenoxy) is 2. The van der Waals surface area contributed by atoms with Crippen molar-refractivity contribution in [1.82, 2.24) is 10.2 Å². The van der Waals surface area contributed by atoms with Crippen molar-refractivity contribution < 1.29 is 23.5 Å². The smallest absolute Gasteiger partial charge is 0.414 e. The Hall–Kier alpha value is -2.46. The van der Waals surface area contributed by atoms with Gasteiger partial charge in [-0.25, -0.2) is 9.18 Å². The van der Waals surface area contributed by atoms with Gasteiger partial charge in [0.25, 0.3) is 0 Å². The molecule has 0 spiro atoms. The molecule has 32 heavy (non-hydrogen) atoms. The van der Waals surface area contributed by atoms with Crippen LogP contribution in [0.25, 0.3) is 0 Å². The summed E-state index contributed by atoms with van der Waals surface area (Å²) in [6, 6.07) is 4.76. The zero-order chi connectivity index (χ0) is 23.3. The normalized spacial score (nSPS) is 19.7. The highest BCUT2D eigenvalue weighted by Crippen LogP contribution is 2.28. The van der Waals surface area contributed by atoms with E-state index >= 15 is 0 Å². The molecule has 0 bridgehead atoms.